The van der Waals surface area contributed by atoms with Crippen molar-refractivity contribution in [3.63, 3.8) is 0 Å². The summed E-state index contributed by atoms with van der Waals surface area (Å²) in [5.41, 5.74) is 0. The summed E-state index contributed by atoms with van der Waals surface area (Å²) in [6, 6.07) is 0. The number of amides is 1. The molecule has 0 saturated carbocycles. The molecule has 0 fully saturated rings. The molecule has 0 aliphatic rings. The molecule has 0 aromatic heterocycles. The van der Waals surface area contributed by atoms with Gasteiger partial charge in [0.25, 0.3) is 0 Å². The third-order valence-electron chi connectivity index (χ3n) is 4.91. The van der Waals surface area contributed by atoms with Crippen molar-refractivity contribution in [1.29, 1.82) is 0 Å². The van der Waals surface area contributed by atoms with E-state index in [4.69, 9.17) is 0 Å². The fraction of sp³-hybridized carbons (Fsp3) is 0.909. The lowest BCUT2D eigenvalue weighted by molar-refractivity contribution is -0.133. The summed E-state index contributed by atoms with van der Waals surface area (Å²) in [5.74, 6) is 0.0133. The minimum absolute atomic E-state index is 0.0750. The monoisotopic (exact) mass is 353 g/mol. The first-order valence-electron chi connectivity index (χ1n) is 10.8. The summed E-state index contributed by atoms with van der Waals surface area (Å²) in [6.45, 7) is 2.27. The van der Waals surface area contributed by atoms with Gasteiger partial charge in [0, 0.05) is 20.5 Å². The van der Waals surface area contributed by atoms with Crippen LogP contribution in [0.4, 0.5) is 0 Å². The van der Waals surface area contributed by atoms with E-state index in [9.17, 15) is 9.59 Å². The number of hydrogen-bond donors (Lipinski definition) is 0. The number of carbonyl (C=O) groups excluding carboxylic acids is 2. The molecule has 0 saturated heterocycles. The number of nitrogens with zero attached hydrogens (tertiary/aromatic N) is 1. The molecule has 0 bridgehead atoms. The molecule has 0 atom stereocenters. The SMILES string of the molecule is CCCCCCCCCCCCCCCCCC(=O)CC(=O)N(C)C. The normalized spacial score (nSPS) is 10.8. The Morgan fingerprint density at radius 2 is 0.960 bits per heavy atom. The van der Waals surface area contributed by atoms with Gasteiger partial charge in [0.15, 0.2) is 0 Å². The molecule has 0 N–H and O–H groups in total. The van der Waals surface area contributed by atoms with E-state index in [1.807, 2.05) is 0 Å². The van der Waals surface area contributed by atoms with Gasteiger partial charge < -0.3 is 4.90 Å². The summed E-state index contributed by atoms with van der Waals surface area (Å²) in [7, 11) is 3.40. The molecule has 148 valence electrons. The molecule has 0 aromatic carbocycles. The second-order valence-electron chi connectivity index (χ2n) is 7.70. The molecule has 0 aliphatic carbocycles. The lowest BCUT2D eigenvalue weighted by Crippen LogP contribution is -2.24. The Hall–Kier alpha value is -0.860. The van der Waals surface area contributed by atoms with Gasteiger partial charge in [-0.2, -0.15) is 0 Å². The van der Waals surface area contributed by atoms with Gasteiger partial charge in [0.2, 0.25) is 5.91 Å². The van der Waals surface area contributed by atoms with Crippen molar-refractivity contribution in [2.24, 2.45) is 0 Å². The molecular weight excluding hydrogens is 310 g/mol. The predicted molar refractivity (Wildman–Crippen MR) is 108 cm³/mol. The van der Waals surface area contributed by atoms with Crippen LogP contribution < -0.4 is 0 Å². The van der Waals surface area contributed by atoms with Crippen molar-refractivity contribution in [1.82, 2.24) is 4.90 Å². The van der Waals surface area contributed by atoms with Gasteiger partial charge in [-0.05, 0) is 6.42 Å². The quantitative estimate of drug-likeness (QED) is 0.214. The van der Waals surface area contributed by atoms with Crippen LogP contribution in [0.25, 0.3) is 0 Å². The molecule has 0 rings (SSSR count). The first-order chi connectivity index (χ1) is 12.1. The Kier molecular flexibility index (Phi) is 17.3. The van der Waals surface area contributed by atoms with E-state index in [0.717, 1.165) is 12.8 Å². The zero-order valence-electron chi connectivity index (χ0n) is 17.3. The van der Waals surface area contributed by atoms with E-state index < -0.39 is 0 Å². The van der Waals surface area contributed by atoms with Gasteiger partial charge in [0.1, 0.15) is 5.78 Å². The smallest absolute Gasteiger partial charge is 0.229 e. The number of carbonyl (C=O) groups is 2. The lowest BCUT2D eigenvalue weighted by Gasteiger charge is -2.09. The van der Waals surface area contributed by atoms with Crippen molar-refractivity contribution in [3.05, 3.63) is 0 Å². The summed E-state index contributed by atoms with van der Waals surface area (Å²) < 4.78 is 0. The molecule has 1 amide bonds. The Morgan fingerprint density at radius 1 is 0.600 bits per heavy atom. The fourth-order valence-corrected chi connectivity index (χ4v) is 3.11. The highest BCUT2D eigenvalue weighted by Crippen LogP contribution is 2.14. The van der Waals surface area contributed by atoms with Gasteiger partial charge in [0.05, 0.1) is 6.42 Å². The van der Waals surface area contributed by atoms with Gasteiger partial charge >= 0.3 is 0 Å². The number of unbranched alkanes of at least 4 members (excludes halogenated alkanes) is 14. The van der Waals surface area contributed by atoms with E-state index in [1.54, 1.807) is 14.1 Å². The largest absolute Gasteiger partial charge is 0.348 e. The molecule has 0 aromatic rings. The van der Waals surface area contributed by atoms with Gasteiger partial charge in [-0.3, -0.25) is 9.59 Å². The van der Waals surface area contributed by atoms with Crippen LogP contribution in [0.15, 0.2) is 0 Å². The van der Waals surface area contributed by atoms with Crippen LogP contribution in [0.3, 0.4) is 0 Å². The fourth-order valence-electron chi connectivity index (χ4n) is 3.11. The Bertz CT molecular complexity index is 326. The van der Waals surface area contributed by atoms with E-state index in [0.29, 0.717) is 6.42 Å². The average Bonchev–Trinajstić information content (AvgIpc) is 2.58. The van der Waals surface area contributed by atoms with Gasteiger partial charge in [-0.1, -0.05) is 96.8 Å². The van der Waals surface area contributed by atoms with E-state index in [-0.39, 0.29) is 18.1 Å². The van der Waals surface area contributed by atoms with Crippen molar-refractivity contribution in [3.8, 4) is 0 Å². The van der Waals surface area contributed by atoms with Crippen LogP contribution in [-0.2, 0) is 9.59 Å². The zero-order chi connectivity index (χ0) is 18.8. The molecule has 0 unspecified atom stereocenters. The topological polar surface area (TPSA) is 37.4 Å². The lowest BCUT2D eigenvalue weighted by atomic mass is 10.0. The summed E-state index contributed by atoms with van der Waals surface area (Å²) in [4.78, 5) is 24.6. The van der Waals surface area contributed by atoms with Crippen LogP contribution in [0.5, 0.6) is 0 Å². The average molecular weight is 354 g/mol. The Labute approximate surface area is 156 Å². The molecule has 3 heteroatoms. The van der Waals surface area contributed by atoms with Crippen molar-refractivity contribution in [2.45, 2.75) is 116 Å². The number of hydrogen-bond acceptors (Lipinski definition) is 2. The first kappa shape index (κ1) is 24.1. The second kappa shape index (κ2) is 17.9. The van der Waals surface area contributed by atoms with Crippen LogP contribution >= 0.6 is 0 Å². The maximum absolute atomic E-state index is 11.6. The summed E-state index contributed by atoms with van der Waals surface area (Å²) >= 11 is 0. The van der Waals surface area contributed by atoms with Gasteiger partial charge in [-0.25, -0.2) is 0 Å². The Morgan fingerprint density at radius 3 is 1.32 bits per heavy atom. The van der Waals surface area contributed by atoms with E-state index in [2.05, 4.69) is 6.92 Å². The maximum Gasteiger partial charge on any atom is 0.229 e. The maximum atomic E-state index is 11.6. The third-order valence-corrected chi connectivity index (χ3v) is 4.91. The van der Waals surface area contributed by atoms with Crippen LogP contribution in [0.1, 0.15) is 116 Å². The highest BCUT2D eigenvalue weighted by Gasteiger charge is 2.10. The molecule has 0 radical (unpaired) electrons. The summed E-state index contributed by atoms with van der Waals surface area (Å²) in [6.07, 6.45) is 20.6. The summed E-state index contributed by atoms with van der Waals surface area (Å²) in [5, 5.41) is 0. The molecule has 3 nitrogen and oxygen atoms in total. The van der Waals surface area contributed by atoms with E-state index in [1.165, 1.54) is 88.4 Å². The second-order valence-corrected chi connectivity index (χ2v) is 7.70. The highest BCUT2D eigenvalue weighted by molar-refractivity contribution is 5.97. The van der Waals surface area contributed by atoms with Crippen molar-refractivity contribution >= 4 is 11.7 Å². The van der Waals surface area contributed by atoms with Gasteiger partial charge in [-0.15, -0.1) is 0 Å². The van der Waals surface area contributed by atoms with Crippen LogP contribution in [0.2, 0.25) is 0 Å². The number of ketones is 1. The van der Waals surface area contributed by atoms with Crippen molar-refractivity contribution in [2.75, 3.05) is 14.1 Å². The molecule has 0 spiro atoms. The highest BCUT2D eigenvalue weighted by atomic mass is 16.2. The zero-order valence-corrected chi connectivity index (χ0v) is 17.3. The van der Waals surface area contributed by atoms with Crippen molar-refractivity contribution < 1.29 is 9.59 Å². The minimum atomic E-state index is -0.0778. The standard InChI is InChI=1S/C22H43NO2/c1-4-5-6-7-8-9-10-11-12-13-14-15-16-17-18-19-21(24)20-22(25)23(2)3/h4-20H2,1-3H3. The molecule has 0 aliphatic heterocycles. The van der Waals surface area contributed by atoms with Crippen LogP contribution in [0, 0.1) is 0 Å². The number of rotatable bonds is 18. The van der Waals surface area contributed by atoms with E-state index >= 15 is 0 Å². The molecular formula is C22H43NO2. The molecule has 0 heterocycles. The van der Waals surface area contributed by atoms with Crippen LogP contribution in [-0.4, -0.2) is 30.7 Å². The molecule has 25 heavy (non-hydrogen) atoms. The number of Topliss-reactive ketones (excluding diaryl/α,β-unsaturated/α-hetero) is 1. The third kappa shape index (κ3) is 17.7. The Balaban J connectivity index is 3.19. The predicted octanol–water partition coefficient (Wildman–Crippen LogP) is 6.30. The minimum Gasteiger partial charge on any atom is -0.348 e. The first-order valence-corrected chi connectivity index (χ1v) is 10.8.